The highest BCUT2D eigenvalue weighted by molar-refractivity contribution is 7.84. The van der Waals surface area contributed by atoms with Gasteiger partial charge in [0.15, 0.2) is 5.75 Å². The molecule has 0 saturated carbocycles. The summed E-state index contributed by atoms with van der Waals surface area (Å²) < 4.78 is 16.8. The van der Waals surface area contributed by atoms with E-state index in [1.165, 1.54) is 0 Å². The third kappa shape index (κ3) is 2.55. The van der Waals surface area contributed by atoms with Gasteiger partial charge in [-0.1, -0.05) is 20.8 Å². The number of hydrogen-bond donors (Lipinski definition) is 1. The summed E-state index contributed by atoms with van der Waals surface area (Å²) >= 11 is 0. The van der Waals surface area contributed by atoms with Crippen LogP contribution in [0.2, 0.25) is 0 Å². The van der Waals surface area contributed by atoms with Gasteiger partial charge in [0.05, 0.1) is 28.5 Å². The lowest BCUT2D eigenvalue weighted by Crippen LogP contribution is -2.13. The topological polar surface area (TPSA) is 52.3 Å². The summed E-state index contributed by atoms with van der Waals surface area (Å²) in [7, 11) is 0.440. The number of ether oxygens (including phenoxy) is 1. The van der Waals surface area contributed by atoms with Crippen LogP contribution in [0.3, 0.4) is 0 Å². The minimum atomic E-state index is -1.10. The molecule has 0 amide bonds. The standard InChI is InChI=1S/C12H19NO2S/c1-12(2,3)8-6-9(13)11(15-4)10(7-8)16(5)14/h6-7H,13H2,1-5H3/t16-/m1/s1. The van der Waals surface area contributed by atoms with Crippen LogP contribution in [0.15, 0.2) is 17.0 Å². The average molecular weight is 241 g/mol. The minimum absolute atomic E-state index is 0.0193. The molecule has 4 heteroatoms. The third-order valence-corrected chi connectivity index (χ3v) is 3.39. The number of rotatable bonds is 2. The first-order valence-corrected chi connectivity index (χ1v) is 6.64. The first-order chi connectivity index (χ1) is 7.27. The zero-order valence-electron chi connectivity index (χ0n) is 10.5. The van der Waals surface area contributed by atoms with Crippen molar-refractivity contribution < 1.29 is 8.95 Å². The second kappa shape index (κ2) is 4.45. The summed E-state index contributed by atoms with van der Waals surface area (Å²) in [5.41, 5.74) is 7.50. The Hall–Kier alpha value is -1.03. The maximum absolute atomic E-state index is 11.6. The van der Waals surface area contributed by atoms with Crippen molar-refractivity contribution in [1.82, 2.24) is 0 Å². The SMILES string of the molecule is COc1c(N)cc(C(C)(C)C)cc1[S@@](C)=O. The van der Waals surface area contributed by atoms with Gasteiger partial charge in [-0.05, 0) is 23.1 Å². The van der Waals surface area contributed by atoms with Gasteiger partial charge in [-0.25, -0.2) is 0 Å². The van der Waals surface area contributed by atoms with E-state index in [0.717, 1.165) is 5.56 Å². The van der Waals surface area contributed by atoms with Gasteiger partial charge in [-0.2, -0.15) is 0 Å². The molecule has 16 heavy (non-hydrogen) atoms. The molecule has 0 heterocycles. The fourth-order valence-electron chi connectivity index (χ4n) is 1.49. The van der Waals surface area contributed by atoms with Crippen LogP contribution in [0.25, 0.3) is 0 Å². The van der Waals surface area contributed by atoms with Crippen molar-refractivity contribution in [2.45, 2.75) is 31.1 Å². The summed E-state index contributed by atoms with van der Waals surface area (Å²) in [5.74, 6) is 0.522. The quantitative estimate of drug-likeness (QED) is 0.808. The summed E-state index contributed by atoms with van der Waals surface area (Å²) in [6.45, 7) is 6.28. The van der Waals surface area contributed by atoms with Crippen molar-refractivity contribution in [3.63, 3.8) is 0 Å². The molecule has 0 saturated heterocycles. The molecule has 1 atom stereocenters. The van der Waals surface area contributed by atoms with Crippen LogP contribution in [0, 0.1) is 0 Å². The zero-order valence-corrected chi connectivity index (χ0v) is 11.3. The molecule has 1 aromatic carbocycles. The number of nitrogen functional groups attached to an aromatic ring is 1. The molecule has 90 valence electrons. The molecule has 1 rings (SSSR count). The number of anilines is 1. The molecular weight excluding hydrogens is 222 g/mol. The van der Waals surface area contributed by atoms with E-state index in [0.29, 0.717) is 16.3 Å². The molecule has 2 N–H and O–H groups in total. The van der Waals surface area contributed by atoms with Gasteiger partial charge in [0.2, 0.25) is 0 Å². The molecule has 0 spiro atoms. The molecule has 3 nitrogen and oxygen atoms in total. The van der Waals surface area contributed by atoms with Crippen LogP contribution in [0.5, 0.6) is 5.75 Å². The van der Waals surface area contributed by atoms with Gasteiger partial charge in [0.1, 0.15) is 0 Å². The largest absolute Gasteiger partial charge is 0.493 e. The number of benzene rings is 1. The lowest BCUT2D eigenvalue weighted by atomic mass is 9.87. The Bertz CT molecular complexity index is 422. The van der Waals surface area contributed by atoms with Crippen molar-refractivity contribution in [2.24, 2.45) is 0 Å². The van der Waals surface area contributed by atoms with Crippen LogP contribution in [-0.4, -0.2) is 17.6 Å². The highest BCUT2D eigenvalue weighted by atomic mass is 32.2. The van der Waals surface area contributed by atoms with Crippen molar-refractivity contribution >= 4 is 16.5 Å². The summed E-state index contributed by atoms with van der Waals surface area (Å²) in [5, 5.41) is 0. The molecule has 0 aliphatic heterocycles. The monoisotopic (exact) mass is 241 g/mol. The number of nitrogens with two attached hydrogens (primary N) is 1. The van der Waals surface area contributed by atoms with Crippen molar-refractivity contribution in [3.05, 3.63) is 17.7 Å². The van der Waals surface area contributed by atoms with Gasteiger partial charge in [-0.15, -0.1) is 0 Å². The van der Waals surface area contributed by atoms with E-state index in [2.05, 4.69) is 20.8 Å². The van der Waals surface area contributed by atoms with Gasteiger partial charge < -0.3 is 10.5 Å². The Morgan fingerprint density at radius 3 is 2.25 bits per heavy atom. The first kappa shape index (κ1) is 13.0. The molecular formula is C12H19NO2S. The molecule has 0 fully saturated rings. The number of methoxy groups -OCH3 is 1. The average Bonchev–Trinajstić information content (AvgIpc) is 2.14. The molecule has 0 aromatic heterocycles. The highest BCUT2D eigenvalue weighted by Crippen LogP contribution is 2.34. The zero-order chi connectivity index (χ0) is 12.5. The highest BCUT2D eigenvalue weighted by Gasteiger charge is 2.19. The molecule has 0 radical (unpaired) electrons. The van der Waals surface area contributed by atoms with Crippen molar-refractivity contribution in [1.29, 1.82) is 0 Å². The first-order valence-electron chi connectivity index (χ1n) is 5.08. The fourth-order valence-corrected chi connectivity index (χ4v) is 2.24. The fraction of sp³-hybridized carbons (Fsp3) is 0.500. The van der Waals surface area contributed by atoms with Crippen LogP contribution >= 0.6 is 0 Å². The van der Waals surface area contributed by atoms with Crippen molar-refractivity contribution in [2.75, 3.05) is 19.1 Å². The predicted octanol–water partition coefficient (Wildman–Crippen LogP) is 2.31. The van der Waals surface area contributed by atoms with Crippen molar-refractivity contribution in [3.8, 4) is 5.75 Å². The maximum Gasteiger partial charge on any atom is 0.157 e. The smallest absolute Gasteiger partial charge is 0.157 e. The summed E-state index contributed by atoms with van der Waals surface area (Å²) in [6, 6.07) is 3.79. The van der Waals surface area contributed by atoms with Crippen LogP contribution in [0.1, 0.15) is 26.3 Å². The van der Waals surface area contributed by atoms with E-state index in [-0.39, 0.29) is 5.41 Å². The molecule has 0 aliphatic carbocycles. The van der Waals surface area contributed by atoms with E-state index in [1.54, 1.807) is 13.4 Å². The van der Waals surface area contributed by atoms with Crippen LogP contribution in [0.4, 0.5) is 5.69 Å². The molecule has 0 unspecified atom stereocenters. The second-order valence-electron chi connectivity index (χ2n) is 4.80. The van der Waals surface area contributed by atoms with Crippen LogP contribution < -0.4 is 10.5 Å². The number of hydrogen-bond acceptors (Lipinski definition) is 3. The maximum atomic E-state index is 11.6. The van der Waals surface area contributed by atoms with Gasteiger partial charge in [0.25, 0.3) is 0 Å². The summed E-state index contributed by atoms with van der Waals surface area (Å²) in [6.07, 6.45) is 1.63. The Morgan fingerprint density at radius 1 is 1.31 bits per heavy atom. The van der Waals surface area contributed by atoms with Gasteiger partial charge >= 0.3 is 0 Å². The molecule has 1 aromatic rings. The lowest BCUT2D eigenvalue weighted by Gasteiger charge is -2.21. The summed E-state index contributed by atoms with van der Waals surface area (Å²) in [4.78, 5) is 0.660. The Labute approximate surface area is 99.4 Å². The normalized spacial score (nSPS) is 13.6. The Morgan fingerprint density at radius 2 is 1.88 bits per heavy atom. The third-order valence-electron chi connectivity index (χ3n) is 2.46. The van der Waals surface area contributed by atoms with E-state index in [9.17, 15) is 4.21 Å². The van der Waals surface area contributed by atoms with Crippen LogP contribution in [-0.2, 0) is 16.2 Å². The minimum Gasteiger partial charge on any atom is -0.493 e. The molecule has 0 aliphatic rings. The lowest BCUT2D eigenvalue weighted by molar-refractivity contribution is 0.405. The van der Waals surface area contributed by atoms with Gasteiger partial charge in [-0.3, -0.25) is 4.21 Å². The van der Waals surface area contributed by atoms with E-state index in [1.807, 2.05) is 12.1 Å². The van der Waals surface area contributed by atoms with E-state index >= 15 is 0 Å². The Balaban J connectivity index is 3.46. The van der Waals surface area contributed by atoms with E-state index in [4.69, 9.17) is 10.5 Å². The van der Waals surface area contributed by atoms with E-state index < -0.39 is 10.8 Å². The molecule has 0 bridgehead atoms. The predicted molar refractivity (Wildman–Crippen MR) is 68.4 cm³/mol. The second-order valence-corrected chi connectivity index (χ2v) is 6.15. The Kier molecular flexibility index (Phi) is 3.63. The van der Waals surface area contributed by atoms with Gasteiger partial charge in [0, 0.05) is 6.26 Å².